The lowest BCUT2D eigenvalue weighted by molar-refractivity contribution is 0.396. The normalized spacial score (nSPS) is 11.4. The third-order valence-electron chi connectivity index (χ3n) is 8.46. The summed E-state index contributed by atoms with van der Waals surface area (Å²) in [6.07, 6.45) is 0. The minimum Gasteiger partial charge on any atom is -0.380 e. The fourth-order valence-electron chi connectivity index (χ4n) is 6.22. The second-order valence-electron chi connectivity index (χ2n) is 11.5. The zero-order valence-electron chi connectivity index (χ0n) is 26.2. The minimum absolute atomic E-state index is 0.566. The third-order valence-corrected chi connectivity index (χ3v) is 9.82. The molecule has 0 saturated heterocycles. The van der Waals surface area contributed by atoms with E-state index in [-0.39, 0.29) is 0 Å². The molecule has 0 amide bonds. The van der Waals surface area contributed by atoms with Crippen molar-refractivity contribution in [2.24, 2.45) is 0 Å². The van der Waals surface area contributed by atoms with Crippen LogP contribution in [0.4, 0.5) is 5.69 Å². The average molecular weight is 725 g/mol. The molecule has 0 atom stereocenters. The Morgan fingerprint density at radius 3 is 1.77 bits per heavy atom. The van der Waals surface area contributed by atoms with Gasteiger partial charge in [0, 0.05) is 17.8 Å². The maximum absolute atomic E-state index is 5.15. The Morgan fingerprint density at radius 2 is 1.19 bits per heavy atom. The van der Waals surface area contributed by atoms with Gasteiger partial charge in [0.2, 0.25) is 5.82 Å². The van der Waals surface area contributed by atoms with E-state index in [2.05, 4.69) is 154 Å². The van der Waals surface area contributed by atoms with Crippen molar-refractivity contribution in [2.45, 2.75) is 25.9 Å². The Hall–Kier alpha value is -5.15. The molecule has 7 heteroatoms. The summed E-state index contributed by atoms with van der Waals surface area (Å²) >= 11 is 2.36. The number of hydrogen-bond acceptors (Lipinski definition) is 5. The molecule has 0 aliphatic heterocycles. The van der Waals surface area contributed by atoms with Crippen LogP contribution in [0, 0.1) is 17.4 Å². The number of anilines is 1. The maximum atomic E-state index is 5.15. The SMILES string of the molecule is Cc1cc(NCc2ccc(-c3ccccc3-c3nnn(C(c4ccccc4)(c4ccccc4)c4ccccc4)n3)cc2)c(I)c(C)n1. The van der Waals surface area contributed by atoms with E-state index in [1.54, 1.807) is 4.80 Å². The van der Waals surface area contributed by atoms with Crippen molar-refractivity contribution in [1.29, 1.82) is 0 Å². The maximum Gasteiger partial charge on any atom is 0.205 e. The number of tetrazole rings is 1. The number of benzene rings is 5. The van der Waals surface area contributed by atoms with Crippen LogP contribution in [0.1, 0.15) is 33.6 Å². The van der Waals surface area contributed by atoms with Gasteiger partial charge in [0.1, 0.15) is 0 Å². The van der Waals surface area contributed by atoms with Gasteiger partial charge in [-0.05, 0) is 81.1 Å². The van der Waals surface area contributed by atoms with Crippen molar-refractivity contribution in [1.82, 2.24) is 25.2 Å². The molecule has 5 aromatic carbocycles. The Bertz CT molecular complexity index is 2010. The third kappa shape index (κ3) is 5.94. The van der Waals surface area contributed by atoms with Gasteiger partial charge in [0.25, 0.3) is 0 Å². The quantitative estimate of drug-likeness (QED) is 0.119. The van der Waals surface area contributed by atoms with E-state index in [1.165, 1.54) is 5.56 Å². The van der Waals surface area contributed by atoms with Crippen LogP contribution >= 0.6 is 22.6 Å². The Balaban J connectivity index is 1.26. The molecule has 0 unspecified atom stereocenters. The Kier molecular flexibility index (Phi) is 8.63. The van der Waals surface area contributed by atoms with Crippen LogP contribution in [0.5, 0.6) is 0 Å². The van der Waals surface area contributed by atoms with Gasteiger partial charge >= 0.3 is 0 Å². The molecule has 0 fully saturated rings. The first kappa shape index (κ1) is 30.5. The lowest BCUT2D eigenvalue weighted by Gasteiger charge is -2.34. The van der Waals surface area contributed by atoms with Crippen LogP contribution < -0.4 is 5.32 Å². The van der Waals surface area contributed by atoms with Crippen molar-refractivity contribution in [3.8, 4) is 22.5 Å². The second kappa shape index (κ2) is 13.3. The topological polar surface area (TPSA) is 68.5 Å². The van der Waals surface area contributed by atoms with E-state index < -0.39 is 5.54 Å². The summed E-state index contributed by atoms with van der Waals surface area (Å²) in [6, 6.07) is 50.2. The lowest BCUT2D eigenvalue weighted by atomic mass is 9.77. The molecule has 47 heavy (non-hydrogen) atoms. The summed E-state index contributed by atoms with van der Waals surface area (Å²) in [5.74, 6) is 0.566. The van der Waals surface area contributed by atoms with Crippen LogP contribution in [-0.4, -0.2) is 25.2 Å². The Morgan fingerprint density at radius 1 is 0.660 bits per heavy atom. The second-order valence-corrected chi connectivity index (χ2v) is 12.6. The molecule has 7 rings (SSSR count). The summed E-state index contributed by atoms with van der Waals surface area (Å²) in [4.78, 5) is 6.34. The number of rotatable bonds is 9. The van der Waals surface area contributed by atoms with Gasteiger partial charge in [0.15, 0.2) is 5.54 Å². The number of pyridine rings is 1. The van der Waals surface area contributed by atoms with Crippen LogP contribution in [0.15, 0.2) is 146 Å². The van der Waals surface area contributed by atoms with Gasteiger partial charge in [-0.15, -0.1) is 15.0 Å². The molecule has 7 aromatic rings. The molecule has 2 aromatic heterocycles. The van der Waals surface area contributed by atoms with E-state index >= 15 is 0 Å². The molecule has 1 N–H and O–H groups in total. The highest BCUT2D eigenvalue weighted by Crippen LogP contribution is 2.40. The van der Waals surface area contributed by atoms with Gasteiger partial charge in [-0.2, -0.15) is 0 Å². The van der Waals surface area contributed by atoms with E-state index in [4.69, 9.17) is 15.4 Å². The van der Waals surface area contributed by atoms with E-state index in [0.29, 0.717) is 5.82 Å². The Labute approximate surface area is 288 Å². The number of hydrogen-bond donors (Lipinski definition) is 1. The molecule has 0 aliphatic rings. The molecule has 0 spiro atoms. The van der Waals surface area contributed by atoms with Gasteiger partial charge in [-0.3, -0.25) is 4.98 Å². The fourth-order valence-corrected chi connectivity index (χ4v) is 6.69. The number of aryl methyl sites for hydroxylation is 2. The molecule has 0 saturated carbocycles. The van der Waals surface area contributed by atoms with Crippen molar-refractivity contribution in [2.75, 3.05) is 5.32 Å². The predicted molar refractivity (Wildman–Crippen MR) is 197 cm³/mol. The largest absolute Gasteiger partial charge is 0.380 e. The first-order valence-electron chi connectivity index (χ1n) is 15.6. The van der Waals surface area contributed by atoms with Gasteiger partial charge in [0.05, 0.1) is 15.0 Å². The zero-order chi connectivity index (χ0) is 32.2. The molecule has 0 aliphatic carbocycles. The monoisotopic (exact) mass is 724 g/mol. The van der Waals surface area contributed by atoms with Gasteiger partial charge < -0.3 is 5.32 Å². The number of nitrogens with one attached hydrogen (secondary N) is 1. The van der Waals surface area contributed by atoms with Crippen molar-refractivity contribution in [3.63, 3.8) is 0 Å². The van der Waals surface area contributed by atoms with E-state index in [9.17, 15) is 0 Å². The van der Waals surface area contributed by atoms with Crippen molar-refractivity contribution >= 4 is 28.3 Å². The van der Waals surface area contributed by atoms with Crippen molar-refractivity contribution in [3.05, 3.63) is 183 Å². The zero-order valence-corrected chi connectivity index (χ0v) is 28.3. The number of aromatic nitrogens is 5. The minimum atomic E-state index is -0.831. The molecule has 6 nitrogen and oxygen atoms in total. The van der Waals surface area contributed by atoms with Gasteiger partial charge in [-0.25, -0.2) is 0 Å². The lowest BCUT2D eigenvalue weighted by Crippen LogP contribution is -2.39. The fraction of sp³-hybridized carbons (Fsp3) is 0.100. The van der Waals surface area contributed by atoms with Crippen LogP contribution in [-0.2, 0) is 12.1 Å². The van der Waals surface area contributed by atoms with E-state index in [0.717, 1.165) is 60.6 Å². The smallest absolute Gasteiger partial charge is 0.205 e. The molecule has 0 radical (unpaired) electrons. The molecule has 230 valence electrons. The summed E-state index contributed by atoms with van der Waals surface area (Å²) in [5, 5.41) is 18.2. The highest BCUT2D eigenvalue weighted by Gasteiger charge is 2.41. The molecular weight excluding hydrogens is 691 g/mol. The molecule has 0 bridgehead atoms. The average Bonchev–Trinajstić information content (AvgIpc) is 3.62. The van der Waals surface area contributed by atoms with Crippen LogP contribution in [0.3, 0.4) is 0 Å². The highest BCUT2D eigenvalue weighted by atomic mass is 127. The van der Waals surface area contributed by atoms with Crippen LogP contribution in [0.25, 0.3) is 22.5 Å². The van der Waals surface area contributed by atoms with E-state index in [1.807, 2.05) is 38.1 Å². The standard InChI is InChI=1S/C40H33IN6/c1-28-26-37(38(41)29(2)43-28)42-27-30-22-24-31(25-23-30)35-20-12-13-21-36(35)39-44-46-47(45-39)40(32-14-6-3-7-15-32,33-16-8-4-9-17-33)34-18-10-5-11-19-34/h3-26H,27H2,1-2H3,(H,42,43). The summed E-state index contributed by atoms with van der Waals surface area (Å²) in [7, 11) is 0. The number of halogens is 1. The first-order chi connectivity index (χ1) is 23.0. The first-order valence-corrected chi connectivity index (χ1v) is 16.7. The summed E-state index contributed by atoms with van der Waals surface area (Å²) < 4.78 is 1.15. The summed E-state index contributed by atoms with van der Waals surface area (Å²) in [6.45, 7) is 4.79. The van der Waals surface area contributed by atoms with Gasteiger partial charge in [-0.1, -0.05) is 140 Å². The number of nitrogens with zero attached hydrogens (tertiary/aromatic N) is 5. The van der Waals surface area contributed by atoms with Crippen molar-refractivity contribution < 1.29 is 0 Å². The molecule has 2 heterocycles. The van der Waals surface area contributed by atoms with Crippen LogP contribution in [0.2, 0.25) is 0 Å². The summed E-state index contributed by atoms with van der Waals surface area (Å²) in [5.41, 5.74) is 9.72. The highest BCUT2D eigenvalue weighted by molar-refractivity contribution is 14.1. The predicted octanol–water partition coefficient (Wildman–Crippen LogP) is 9.08. The molecular formula is C40H33IN6.